The van der Waals surface area contributed by atoms with Gasteiger partial charge in [-0.1, -0.05) is 35.9 Å². The number of nitrogens with one attached hydrogen (secondary N) is 1. The van der Waals surface area contributed by atoms with Gasteiger partial charge in [0, 0.05) is 17.9 Å². The highest BCUT2D eigenvalue weighted by atomic mass is 79.9. The van der Waals surface area contributed by atoms with Gasteiger partial charge in [0.05, 0.1) is 38.0 Å². The fourth-order valence-corrected chi connectivity index (χ4v) is 3.98. The van der Waals surface area contributed by atoms with E-state index in [0.29, 0.717) is 27.8 Å². The van der Waals surface area contributed by atoms with Crippen molar-refractivity contribution in [3.63, 3.8) is 0 Å². The summed E-state index contributed by atoms with van der Waals surface area (Å²) < 4.78 is 24.2. The van der Waals surface area contributed by atoms with E-state index in [1.54, 1.807) is 18.2 Å². The highest BCUT2D eigenvalue weighted by Gasteiger charge is 2.37. The van der Waals surface area contributed by atoms with Crippen molar-refractivity contribution in [3.8, 4) is 11.1 Å². The molecule has 0 aliphatic carbocycles. The summed E-state index contributed by atoms with van der Waals surface area (Å²) in [5.74, 6) is -0.565. The van der Waals surface area contributed by atoms with Crippen molar-refractivity contribution in [1.82, 2.24) is 0 Å². The predicted octanol–water partition coefficient (Wildman–Crippen LogP) is 1.34. The average molecular weight is 516 g/mol. The number of benzene rings is 2. The molecule has 1 saturated heterocycles. The summed E-state index contributed by atoms with van der Waals surface area (Å²) in [4.78, 5) is 23.9. The summed E-state index contributed by atoms with van der Waals surface area (Å²) in [5.41, 5.74) is 1.94. The second-order valence-corrected chi connectivity index (χ2v) is 8.22. The van der Waals surface area contributed by atoms with Crippen molar-refractivity contribution in [2.24, 2.45) is 5.92 Å². The summed E-state index contributed by atoms with van der Waals surface area (Å²) >= 11 is 5.89. The van der Waals surface area contributed by atoms with E-state index in [1.807, 2.05) is 19.2 Å². The van der Waals surface area contributed by atoms with Gasteiger partial charge in [0.2, 0.25) is 0 Å². The van der Waals surface area contributed by atoms with Gasteiger partial charge in [0.15, 0.2) is 6.54 Å². The Morgan fingerprint density at radius 2 is 2.00 bits per heavy atom. The Morgan fingerprint density at radius 1 is 1.26 bits per heavy atom. The number of esters is 1. The Bertz CT molecular complexity index is 945. The Labute approximate surface area is 196 Å². The lowest BCUT2D eigenvalue weighted by molar-refractivity contribution is -0.891. The first kappa shape index (κ1) is 25.1. The number of anilines is 1. The number of carbonyl (C=O) groups excluding carboxylic acids is 2. The number of nitrogens with zero attached hydrogens (tertiary/aromatic N) is 1. The van der Waals surface area contributed by atoms with Crippen LogP contribution in [0.3, 0.4) is 0 Å². The standard InChI is InChI=1S/C22H24ClFN2O4.BrH/c1-26(13-21(27)29-2)10-9-15(12-26)14-30-22(28)25-20-6-4-3-5-17(20)16-7-8-19(24)18(23)11-16;/h3-8,11,15H,9-10,12-14H2,1-2H3;1H/t15-,26?;/m1./s1. The zero-order chi connectivity index (χ0) is 21.7. The molecule has 6 nitrogen and oxygen atoms in total. The number of hydrogen-bond donors (Lipinski definition) is 1. The van der Waals surface area contributed by atoms with Crippen LogP contribution in [0.25, 0.3) is 11.1 Å². The Kier molecular flexibility index (Phi) is 8.85. The number of ether oxygens (including phenoxy) is 2. The Morgan fingerprint density at radius 3 is 2.71 bits per heavy atom. The van der Waals surface area contributed by atoms with E-state index >= 15 is 0 Å². The van der Waals surface area contributed by atoms with E-state index < -0.39 is 11.9 Å². The molecule has 1 N–H and O–H groups in total. The van der Waals surface area contributed by atoms with E-state index in [0.717, 1.165) is 19.5 Å². The van der Waals surface area contributed by atoms with Crippen LogP contribution in [0.15, 0.2) is 42.5 Å². The molecule has 0 radical (unpaired) electrons. The fourth-order valence-electron chi connectivity index (χ4n) is 3.80. The number of para-hydroxylation sites is 1. The molecule has 0 saturated carbocycles. The van der Waals surface area contributed by atoms with Crippen LogP contribution >= 0.6 is 11.6 Å². The van der Waals surface area contributed by atoms with E-state index in [2.05, 4.69) is 5.32 Å². The molecule has 1 amide bonds. The highest BCUT2D eigenvalue weighted by Crippen LogP contribution is 2.31. The lowest BCUT2D eigenvalue weighted by Crippen LogP contribution is -3.00. The minimum Gasteiger partial charge on any atom is -1.00 e. The minimum atomic E-state index is -0.565. The molecule has 9 heteroatoms. The molecular formula is C22H25BrClFN2O4. The third-order valence-corrected chi connectivity index (χ3v) is 5.65. The van der Waals surface area contributed by atoms with E-state index in [-0.39, 0.29) is 40.5 Å². The molecule has 1 heterocycles. The van der Waals surface area contributed by atoms with Gasteiger partial charge in [-0.3, -0.25) is 5.32 Å². The molecule has 1 fully saturated rings. The minimum absolute atomic E-state index is 0. The Hall–Kier alpha value is -2.16. The number of quaternary nitrogens is 1. The number of hydrogen-bond acceptors (Lipinski definition) is 4. The van der Waals surface area contributed by atoms with Crippen molar-refractivity contribution < 1.29 is 44.9 Å². The van der Waals surface area contributed by atoms with Crippen LogP contribution in [-0.2, 0) is 14.3 Å². The number of rotatable bonds is 6. The number of likely N-dealkylation sites (N-methyl/N-ethyl adjacent to an activating group) is 1. The van der Waals surface area contributed by atoms with Crippen LogP contribution in [-0.4, -0.2) is 56.9 Å². The summed E-state index contributed by atoms with van der Waals surface area (Å²) in [6.45, 7) is 2.16. The molecule has 1 aliphatic heterocycles. The normalized spacial score (nSPS) is 19.9. The second kappa shape index (κ2) is 10.9. The molecule has 0 aromatic heterocycles. The van der Waals surface area contributed by atoms with Gasteiger partial charge in [0.1, 0.15) is 12.4 Å². The molecule has 1 aliphatic rings. The lowest BCUT2D eigenvalue weighted by Gasteiger charge is -2.28. The van der Waals surface area contributed by atoms with Gasteiger partial charge in [-0.25, -0.2) is 14.0 Å². The first-order chi connectivity index (χ1) is 14.3. The molecule has 0 spiro atoms. The molecule has 31 heavy (non-hydrogen) atoms. The van der Waals surface area contributed by atoms with Crippen molar-refractivity contribution in [2.45, 2.75) is 6.42 Å². The van der Waals surface area contributed by atoms with Crippen LogP contribution in [0.4, 0.5) is 14.9 Å². The number of amides is 1. The molecule has 2 aromatic rings. The Balaban J connectivity index is 0.00000341. The number of carbonyl (C=O) groups is 2. The largest absolute Gasteiger partial charge is 1.00 e. The van der Waals surface area contributed by atoms with E-state index in [1.165, 1.54) is 19.2 Å². The topological polar surface area (TPSA) is 64.6 Å². The zero-order valence-corrected chi connectivity index (χ0v) is 19.7. The van der Waals surface area contributed by atoms with E-state index in [9.17, 15) is 14.0 Å². The molecule has 0 bridgehead atoms. The van der Waals surface area contributed by atoms with Gasteiger partial charge in [-0.2, -0.15) is 0 Å². The smallest absolute Gasteiger partial charge is 0.411 e. The number of likely N-dealkylation sites (tertiary alicyclic amines) is 1. The van der Waals surface area contributed by atoms with Crippen molar-refractivity contribution in [2.75, 3.05) is 45.7 Å². The number of methoxy groups -OCH3 is 1. The van der Waals surface area contributed by atoms with Gasteiger partial charge >= 0.3 is 12.1 Å². The third kappa shape index (κ3) is 6.66. The van der Waals surface area contributed by atoms with E-state index in [4.69, 9.17) is 21.1 Å². The lowest BCUT2D eigenvalue weighted by atomic mass is 10.0. The first-order valence-electron chi connectivity index (χ1n) is 9.68. The maximum Gasteiger partial charge on any atom is 0.411 e. The molecule has 3 rings (SSSR count). The number of halogens is 3. The van der Waals surface area contributed by atoms with Crippen molar-refractivity contribution in [3.05, 3.63) is 53.3 Å². The summed E-state index contributed by atoms with van der Waals surface area (Å²) in [6, 6.07) is 11.6. The van der Waals surface area contributed by atoms with Crippen molar-refractivity contribution >= 4 is 29.4 Å². The maximum atomic E-state index is 13.5. The molecule has 168 valence electrons. The zero-order valence-electron chi connectivity index (χ0n) is 17.4. The quantitative estimate of drug-likeness (QED) is 0.466. The van der Waals surface area contributed by atoms with Crippen LogP contribution in [0.1, 0.15) is 6.42 Å². The molecule has 2 aromatic carbocycles. The van der Waals surface area contributed by atoms with Crippen molar-refractivity contribution in [1.29, 1.82) is 0 Å². The maximum absolute atomic E-state index is 13.5. The highest BCUT2D eigenvalue weighted by molar-refractivity contribution is 6.31. The molecule has 2 atom stereocenters. The first-order valence-corrected chi connectivity index (χ1v) is 10.1. The monoisotopic (exact) mass is 514 g/mol. The summed E-state index contributed by atoms with van der Waals surface area (Å²) in [6.07, 6.45) is 0.301. The second-order valence-electron chi connectivity index (χ2n) is 7.81. The molecular weight excluding hydrogens is 491 g/mol. The SMILES string of the molecule is COC(=O)C[N+]1(C)CC[C@@H](COC(=O)Nc2ccccc2-c2ccc(F)c(Cl)c2)C1.[Br-]. The van der Waals surface area contributed by atoms with Crippen LogP contribution in [0.5, 0.6) is 0 Å². The molecule has 1 unspecified atom stereocenters. The van der Waals surface area contributed by atoms with Gasteiger partial charge < -0.3 is 30.9 Å². The van der Waals surface area contributed by atoms with Gasteiger partial charge in [0.25, 0.3) is 0 Å². The summed E-state index contributed by atoms with van der Waals surface area (Å²) in [7, 11) is 3.38. The average Bonchev–Trinajstić information content (AvgIpc) is 3.09. The predicted molar refractivity (Wildman–Crippen MR) is 113 cm³/mol. The fraction of sp³-hybridized carbons (Fsp3) is 0.364. The van der Waals surface area contributed by atoms with Gasteiger partial charge in [-0.05, 0) is 23.8 Å². The van der Waals surface area contributed by atoms with Gasteiger partial charge in [-0.15, -0.1) is 0 Å². The van der Waals surface area contributed by atoms with Crippen LogP contribution < -0.4 is 22.3 Å². The summed E-state index contributed by atoms with van der Waals surface area (Å²) in [5, 5.41) is 2.77. The van der Waals surface area contributed by atoms with Crippen LogP contribution in [0, 0.1) is 11.7 Å². The third-order valence-electron chi connectivity index (χ3n) is 5.36. The van der Waals surface area contributed by atoms with Crippen LogP contribution in [0.2, 0.25) is 5.02 Å².